The Bertz CT molecular complexity index is 1090. The van der Waals surface area contributed by atoms with Crippen LogP contribution in [0.3, 0.4) is 0 Å². The fourth-order valence-corrected chi connectivity index (χ4v) is 3.53. The highest BCUT2D eigenvalue weighted by Crippen LogP contribution is 2.23. The van der Waals surface area contributed by atoms with Crippen LogP contribution in [0.5, 0.6) is 0 Å². The first-order chi connectivity index (χ1) is 13.8. The molecule has 1 unspecified atom stereocenters. The lowest BCUT2D eigenvalue weighted by atomic mass is 10.2. The molecule has 1 aliphatic rings. The Labute approximate surface area is 162 Å². The second-order valence-corrected chi connectivity index (χ2v) is 6.96. The summed E-state index contributed by atoms with van der Waals surface area (Å²) in [6.45, 7) is 1.58. The maximum absolute atomic E-state index is 5.62. The van der Waals surface area contributed by atoms with Crippen LogP contribution in [0.2, 0.25) is 0 Å². The average Bonchev–Trinajstić information content (AvgIpc) is 3.48. The van der Waals surface area contributed by atoms with E-state index in [-0.39, 0.29) is 6.10 Å². The first kappa shape index (κ1) is 16.9. The number of imidazole rings is 2. The fourth-order valence-electron chi connectivity index (χ4n) is 3.53. The van der Waals surface area contributed by atoms with Crippen molar-refractivity contribution in [1.82, 2.24) is 29.1 Å². The maximum atomic E-state index is 5.62. The molecule has 0 spiro atoms. The van der Waals surface area contributed by atoms with E-state index in [0.29, 0.717) is 5.95 Å². The van der Waals surface area contributed by atoms with E-state index in [0.717, 1.165) is 54.1 Å². The summed E-state index contributed by atoms with van der Waals surface area (Å²) in [7, 11) is 1.99. The molecule has 0 bridgehead atoms. The van der Waals surface area contributed by atoms with Crippen molar-refractivity contribution in [2.45, 2.75) is 18.9 Å². The summed E-state index contributed by atoms with van der Waals surface area (Å²) in [6.07, 6.45) is 11.6. The number of aromatic nitrogens is 6. The van der Waals surface area contributed by atoms with Crippen LogP contribution in [-0.2, 0) is 11.8 Å². The summed E-state index contributed by atoms with van der Waals surface area (Å²) in [5.41, 5.74) is 3.92. The lowest BCUT2D eigenvalue weighted by Gasteiger charge is -2.11. The number of ether oxygens (including phenoxy) is 1. The molecule has 8 nitrogen and oxygen atoms in total. The van der Waals surface area contributed by atoms with Gasteiger partial charge in [-0.1, -0.05) is 0 Å². The van der Waals surface area contributed by atoms with Gasteiger partial charge in [0.25, 0.3) is 0 Å². The van der Waals surface area contributed by atoms with Crippen LogP contribution in [0.25, 0.3) is 28.1 Å². The summed E-state index contributed by atoms with van der Waals surface area (Å²) in [4.78, 5) is 17.8. The molecule has 0 aliphatic carbocycles. The molecule has 0 amide bonds. The highest BCUT2D eigenvalue weighted by Gasteiger charge is 2.15. The number of anilines is 1. The van der Waals surface area contributed by atoms with Crippen molar-refractivity contribution in [3.05, 3.63) is 49.3 Å². The molecule has 4 aromatic rings. The molecule has 0 saturated carbocycles. The summed E-state index contributed by atoms with van der Waals surface area (Å²) >= 11 is 0. The van der Waals surface area contributed by atoms with E-state index in [1.54, 1.807) is 18.6 Å². The van der Waals surface area contributed by atoms with Crippen molar-refractivity contribution in [1.29, 1.82) is 0 Å². The Kier molecular flexibility index (Phi) is 4.25. The molecule has 8 heteroatoms. The van der Waals surface area contributed by atoms with Crippen LogP contribution >= 0.6 is 0 Å². The van der Waals surface area contributed by atoms with Gasteiger partial charge < -0.3 is 14.6 Å². The molecular weight excluding hydrogens is 354 g/mol. The zero-order chi connectivity index (χ0) is 18.9. The van der Waals surface area contributed by atoms with E-state index in [4.69, 9.17) is 4.74 Å². The van der Waals surface area contributed by atoms with Gasteiger partial charge in [-0.3, -0.25) is 4.57 Å². The number of nitrogens with one attached hydrogen (secondary N) is 1. The minimum absolute atomic E-state index is 0.254. The molecule has 142 valence electrons. The van der Waals surface area contributed by atoms with Gasteiger partial charge in [0.05, 0.1) is 29.0 Å². The number of rotatable bonds is 5. The van der Waals surface area contributed by atoms with E-state index in [2.05, 4.69) is 31.3 Å². The molecule has 1 fully saturated rings. The van der Waals surface area contributed by atoms with Crippen LogP contribution in [0.1, 0.15) is 12.8 Å². The van der Waals surface area contributed by atoms with E-state index in [1.165, 1.54) is 0 Å². The third-order valence-corrected chi connectivity index (χ3v) is 5.05. The molecule has 5 rings (SSSR count). The van der Waals surface area contributed by atoms with Crippen molar-refractivity contribution in [2.75, 3.05) is 18.5 Å². The predicted octanol–water partition coefficient (Wildman–Crippen LogP) is 2.81. The Morgan fingerprint density at radius 3 is 2.89 bits per heavy atom. The minimum Gasteiger partial charge on any atom is -0.376 e. The molecule has 1 saturated heterocycles. The number of fused-ring (bicyclic) bond motifs is 1. The number of nitrogens with zero attached hydrogens (tertiary/aromatic N) is 6. The van der Waals surface area contributed by atoms with Gasteiger partial charge in [-0.25, -0.2) is 19.9 Å². The normalized spacial score (nSPS) is 16.7. The van der Waals surface area contributed by atoms with Crippen LogP contribution in [0.15, 0.2) is 49.3 Å². The predicted molar refractivity (Wildman–Crippen MR) is 106 cm³/mol. The number of hydrogen-bond donors (Lipinski definition) is 1. The standard InChI is InChI=1S/C20H21N7O/c1-26-13-25-17-5-4-15(9-18(17)26)27-7-6-21-19(27)14-10-22-20(23-11-14)24-12-16-3-2-8-28-16/h4-7,9-11,13,16H,2-3,8,12H2,1H3,(H,22,23,24). The third-order valence-electron chi connectivity index (χ3n) is 5.05. The van der Waals surface area contributed by atoms with Crippen molar-refractivity contribution in [2.24, 2.45) is 7.05 Å². The van der Waals surface area contributed by atoms with Crippen molar-refractivity contribution >= 4 is 17.0 Å². The lowest BCUT2D eigenvalue weighted by Crippen LogP contribution is -2.19. The zero-order valence-electron chi connectivity index (χ0n) is 15.6. The van der Waals surface area contributed by atoms with Crippen molar-refractivity contribution in [3.63, 3.8) is 0 Å². The SMILES string of the molecule is Cn1cnc2ccc(-n3ccnc3-c3cnc(NCC4CCCO4)nc3)cc21. The molecule has 1 N–H and O–H groups in total. The van der Waals surface area contributed by atoms with E-state index in [1.807, 2.05) is 40.8 Å². The molecule has 4 heterocycles. The maximum Gasteiger partial charge on any atom is 0.222 e. The Morgan fingerprint density at radius 1 is 1.18 bits per heavy atom. The number of hydrogen-bond acceptors (Lipinski definition) is 6. The first-order valence-corrected chi connectivity index (χ1v) is 9.40. The van der Waals surface area contributed by atoms with Crippen molar-refractivity contribution < 1.29 is 4.74 Å². The van der Waals surface area contributed by atoms with Gasteiger partial charge in [0.15, 0.2) is 0 Å². The molecule has 1 aromatic carbocycles. The summed E-state index contributed by atoms with van der Waals surface area (Å²) in [6, 6.07) is 6.16. The van der Waals surface area contributed by atoms with Gasteiger partial charge in [0.1, 0.15) is 5.82 Å². The van der Waals surface area contributed by atoms with Crippen molar-refractivity contribution in [3.8, 4) is 17.1 Å². The van der Waals surface area contributed by atoms with Crippen LogP contribution in [0.4, 0.5) is 5.95 Å². The summed E-state index contributed by atoms with van der Waals surface area (Å²) in [5.74, 6) is 1.40. The minimum atomic E-state index is 0.254. The third kappa shape index (κ3) is 3.11. The van der Waals surface area contributed by atoms with Gasteiger partial charge in [0.2, 0.25) is 5.95 Å². The fraction of sp³-hybridized carbons (Fsp3) is 0.300. The van der Waals surface area contributed by atoms with Gasteiger partial charge in [-0.05, 0) is 31.0 Å². The van der Waals surface area contributed by atoms with Gasteiger partial charge in [0, 0.05) is 50.7 Å². The highest BCUT2D eigenvalue weighted by molar-refractivity contribution is 5.78. The second-order valence-electron chi connectivity index (χ2n) is 6.96. The van der Waals surface area contributed by atoms with E-state index in [9.17, 15) is 0 Å². The smallest absolute Gasteiger partial charge is 0.222 e. The quantitative estimate of drug-likeness (QED) is 0.578. The monoisotopic (exact) mass is 375 g/mol. The molecule has 3 aromatic heterocycles. The Balaban J connectivity index is 1.39. The van der Waals surface area contributed by atoms with Crippen LogP contribution < -0.4 is 5.32 Å². The topological polar surface area (TPSA) is 82.7 Å². The Hall–Kier alpha value is -3.26. The highest BCUT2D eigenvalue weighted by atomic mass is 16.5. The molecule has 1 atom stereocenters. The average molecular weight is 375 g/mol. The number of benzene rings is 1. The largest absolute Gasteiger partial charge is 0.376 e. The first-order valence-electron chi connectivity index (χ1n) is 9.40. The van der Waals surface area contributed by atoms with Crippen LogP contribution in [-0.4, -0.2) is 48.3 Å². The van der Waals surface area contributed by atoms with Gasteiger partial charge in [-0.2, -0.15) is 0 Å². The molecular formula is C20H21N7O. The lowest BCUT2D eigenvalue weighted by molar-refractivity contribution is 0.120. The Morgan fingerprint density at radius 2 is 2.07 bits per heavy atom. The van der Waals surface area contributed by atoms with E-state index >= 15 is 0 Å². The van der Waals surface area contributed by atoms with Gasteiger partial charge in [-0.15, -0.1) is 0 Å². The van der Waals surface area contributed by atoms with E-state index < -0.39 is 0 Å². The second kappa shape index (κ2) is 7.05. The summed E-state index contributed by atoms with van der Waals surface area (Å²) in [5, 5.41) is 3.24. The molecule has 28 heavy (non-hydrogen) atoms. The number of aryl methyl sites for hydroxylation is 1. The van der Waals surface area contributed by atoms with Crippen LogP contribution in [0, 0.1) is 0 Å². The summed E-state index contributed by atoms with van der Waals surface area (Å²) < 4.78 is 9.66. The molecule has 0 radical (unpaired) electrons. The van der Waals surface area contributed by atoms with Gasteiger partial charge >= 0.3 is 0 Å². The molecule has 1 aliphatic heterocycles. The zero-order valence-corrected chi connectivity index (χ0v) is 15.6.